The predicted molar refractivity (Wildman–Crippen MR) is 110 cm³/mol. The topological polar surface area (TPSA) is 60.9 Å². The van der Waals surface area contributed by atoms with E-state index in [4.69, 9.17) is 0 Å². The highest BCUT2D eigenvalue weighted by Crippen LogP contribution is 2.35. The lowest BCUT2D eigenvalue weighted by molar-refractivity contribution is 0.0994. The van der Waals surface area contributed by atoms with Crippen LogP contribution in [0.25, 0.3) is 0 Å². The van der Waals surface area contributed by atoms with Gasteiger partial charge < -0.3 is 5.11 Å². The molecule has 2 aliphatic heterocycles. The van der Waals surface area contributed by atoms with E-state index in [0.717, 1.165) is 56.7 Å². The van der Waals surface area contributed by atoms with Crippen LogP contribution in [0, 0.1) is 0 Å². The summed E-state index contributed by atoms with van der Waals surface area (Å²) in [7, 11) is -2.83. The molecule has 0 amide bonds. The Kier molecular flexibility index (Phi) is 5.90. The van der Waals surface area contributed by atoms with Crippen molar-refractivity contribution in [2.45, 2.75) is 58.5 Å². The van der Waals surface area contributed by atoms with Crippen molar-refractivity contribution in [1.29, 1.82) is 0 Å². The third-order valence-electron chi connectivity index (χ3n) is 5.99. The molecule has 0 saturated carbocycles. The second kappa shape index (κ2) is 7.72. The predicted octanol–water partition coefficient (Wildman–Crippen LogP) is 2.56. The molecule has 1 unspecified atom stereocenters. The van der Waals surface area contributed by atoms with E-state index in [-0.39, 0.29) is 11.5 Å². The van der Waals surface area contributed by atoms with Crippen LogP contribution in [0.2, 0.25) is 0 Å². The second-order valence-electron chi connectivity index (χ2n) is 9.12. The van der Waals surface area contributed by atoms with Gasteiger partial charge in [0.05, 0.1) is 11.5 Å². The quantitative estimate of drug-likeness (QED) is 0.850. The van der Waals surface area contributed by atoms with Crippen LogP contribution in [0.15, 0.2) is 12.1 Å². The second-order valence-corrected chi connectivity index (χ2v) is 11.4. The summed E-state index contributed by atoms with van der Waals surface area (Å²) in [5.41, 5.74) is 3.21. The number of hydrogen-bond donors (Lipinski definition) is 1. The van der Waals surface area contributed by atoms with E-state index in [1.54, 1.807) is 0 Å². The Morgan fingerprint density at radius 1 is 1.15 bits per heavy atom. The number of aryl methyl sites for hydroxylation is 1. The highest BCUT2D eigenvalue weighted by molar-refractivity contribution is 7.91. The van der Waals surface area contributed by atoms with Crippen LogP contribution in [0.5, 0.6) is 5.75 Å². The van der Waals surface area contributed by atoms with E-state index in [2.05, 4.69) is 49.6 Å². The highest BCUT2D eigenvalue weighted by Gasteiger charge is 2.33. The van der Waals surface area contributed by atoms with E-state index in [9.17, 15) is 13.5 Å². The van der Waals surface area contributed by atoms with Crippen LogP contribution in [-0.4, -0.2) is 67.1 Å². The summed E-state index contributed by atoms with van der Waals surface area (Å²) < 4.78 is 23.5. The lowest BCUT2D eigenvalue weighted by Crippen LogP contribution is -2.50. The molecule has 2 aliphatic rings. The molecular formula is C21H34N2O3S. The van der Waals surface area contributed by atoms with Crippen LogP contribution in [0.1, 0.15) is 50.8 Å². The summed E-state index contributed by atoms with van der Waals surface area (Å²) in [6, 6.07) is 4.47. The molecule has 2 saturated heterocycles. The van der Waals surface area contributed by atoms with E-state index < -0.39 is 9.84 Å². The average molecular weight is 395 g/mol. The summed E-state index contributed by atoms with van der Waals surface area (Å²) in [6.45, 7) is 12.9. The summed E-state index contributed by atoms with van der Waals surface area (Å²) in [5.74, 6) is 1.09. The minimum absolute atomic E-state index is 0.0866. The van der Waals surface area contributed by atoms with Crippen LogP contribution < -0.4 is 0 Å². The van der Waals surface area contributed by atoms with Gasteiger partial charge in [0.2, 0.25) is 0 Å². The molecular weight excluding hydrogens is 360 g/mol. The highest BCUT2D eigenvalue weighted by atomic mass is 32.2. The van der Waals surface area contributed by atoms with E-state index >= 15 is 0 Å². The summed E-state index contributed by atoms with van der Waals surface area (Å²) in [4.78, 5) is 4.71. The Hall–Kier alpha value is -1.11. The molecule has 0 radical (unpaired) electrons. The van der Waals surface area contributed by atoms with Gasteiger partial charge >= 0.3 is 0 Å². The zero-order valence-corrected chi connectivity index (χ0v) is 18.0. The van der Waals surface area contributed by atoms with Gasteiger partial charge in [0.25, 0.3) is 0 Å². The van der Waals surface area contributed by atoms with Crippen LogP contribution in [-0.2, 0) is 28.2 Å². The molecule has 0 aliphatic carbocycles. The minimum atomic E-state index is -2.83. The molecule has 27 heavy (non-hydrogen) atoms. The lowest BCUT2D eigenvalue weighted by Gasteiger charge is -2.38. The minimum Gasteiger partial charge on any atom is -0.507 e. The monoisotopic (exact) mass is 394 g/mol. The smallest absolute Gasteiger partial charge is 0.151 e. The van der Waals surface area contributed by atoms with Crippen LogP contribution in [0.4, 0.5) is 0 Å². The lowest BCUT2D eigenvalue weighted by atomic mass is 9.83. The number of piperazine rings is 1. The maximum atomic E-state index is 11.7. The molecule has 2 heterocycles. The SMILES string of the molecule is CCc1cc(CN2CCN(C3CCS(=O)(=O)C3)CC2)c(O)c(C(C)(C)C)c1. The van der Waals surface area contributed by atoms with Gasteiger partial charge in [-0.3, -0.25) is 9.80 Å². The molecule has 152 valence electrons. The molecule has 2 fully saturated rings. The Morgan fingerprint density at radius 3 is 2.33 bits per heavy atom. The molecule has 3 rings (SSSR count). The molecule has 1 aromatic rings. The fourth-order valence-electron chi connectivity index (χ4n) is 4.25. The van der Waals surface area contributed by atoms with Crippen molar-refractivity contribution < 1.29 is 13.5 Å². The van der Waals surface area contributed by atoms with Gasteiger partial charge in [-0.05, 0) is 29.4 Å². The van der Waals surface area contributed by atoms with Gasteiger partial charge in [0.1, 0.15) is 5.75 Å². The number of phenolic OH excluding ortho intramolecular Hbond substituents is 1. The number of benzene rings is 1. The first-order valence-corrected chi connectivity index (χ1v) is 11.9. The maximum absolute atomic E-state index is 11.7. The van der Waals surface area contributed by atoms with Gasteiger partial charge in [-0.2, -0.15) is 0 Å². The largest absolute Gasteiger partial charge is 0.507 e. The first kappa shape index (κ1) is 20.6. The third-order valence-corrected chi connectivity index (χ3v) is 7.74. The van der Waals surface area contributed by atoms with Crippen molar-refractivity contribution in [2.75, 3.05) is 37.7 Å². The van der Waals surface area contributed by atoms with Gasteiger partial charge in [0.15, 0.2) is 9.84 Å². The van der Waals surface area contributed by atoms with Crippen molar-refractivity contribution in [1.82, 2.24) is 9.80 Å². The molecule has 1 N–H and O–H groups in total. The molecule has 5 nitrogen and oxygen atoms in total. The van der Waals surface area contributed by atoms with Crippen LogP contribution in [0.3, 0.4) is 0 Å². The van der Waals surface area contributed by atoms with Gasteiger partial charge in [-0.25, -0.2) is 8.42 Å². The van der Waals surface area contributed by atoms with E-state index in [0.29, 0.717) is 17.3 Å². The Labute approximate surface area is 164 Å². The summed E-state index contributed by atoms with van der Waals surface area (Å²) >= 11 is 0. The maximum Gasteiger partial charge on any atom is 0.151 e. The molecule has 0 aromatic heterocycles. The Morgan fingerprint density at radius 2 is 1.81 bits per heavy atom. The number of aromatic hydroxyl groups is 1. The average Bonchev–Trinajstić information content (AvgIpc) is 2.96. The first-order valence-electron chi connectivity index (χ1n) is 10.1. The standard InChI is InChI=1S/C21H34N2O3S/c1-5-16-12-17(20(24)19(13-16)21(2,3)4)14-22-7-9-23(10-8-22)18-6-11-27(25,26)15-18/h12-13,18,24H,5-11,14-15H2,1-4H3. The Bertz CT molecular complexity index is 775. The third kappa shape index (κ3) is 4.84. The molecule has 1 aromatic carbocycles. The van der Waals surface area contributed by atoms with Crippen LogP contribution >= 0.6 is 0 Å². The summed E-state index contributed by atoms with van der Waals surface area (Å²) in [5, 5.41) is 10.9. The molecule has 0 bridgehead atoms. The first-order chi connectivity index (χ1) is 12.6. The molecule has 0 spiro atoms. The number of hydrogen-bond acceptors (Lipinski definition) is 5. The van der Waals surface area contributed by atoms with Crippen molar-refractivity contribution in [2.24, 2.45) is 0 Å². The zero-order chi connectivity index (χ0) is 19.8. The molecule has 6 heteroatoms. The number of rotatable bonds is 4. The number of sulfone groups is 1. The normalized spacial score (nSPS) is 24.4. The zero-order valence-electron chi connectivity index (χ0n) is 17.2. The van der Waals surface area contributed by atoms with Crippen molar-refractivity contribution in [3.05, 3.63) is 28.8 Å². The molecule has 1 atom stereocenters. The van der Waals surface area contributed by atoms with Crippen molar-refractivity contribution in [3.8, 4) is 5.75 Å². The fraction of sp³-hybridized carbons (Fsp3) is 0.714. The fourth-order valence-corrected chi connectivity index (χ4v) is 6.01. The number of nitrogens with zero attached hydrogens (tertiary/aromatic N) is 2. The van der Waals surface area contributed by atoms with Crippen molar-refractivity contribution in [3.63, 3.8) is 0 Å². The number of phenols is 1. The van der Waals surface area contributed by atoms with Gasteiger partial charge in [0, 0.05) is 44.3 Å². The van der Waals surface area contributed by atoms with Crippen molar-refractivity contribution >= 4 is 9.84 Å². The van der Waals surface area contributed by atoms with E-state index in [1.165, 1.54) is 5.56 Å². The van der Waals surface area contributed by atoms with Gasteiger partial charge in [-0.15, -0.1) is 0 Å². The Balaban J connectivity index is 1.67. The summed E-state index contributed by atoms with van der Waals surface area (Å²) in [6.07, 6.45) is 1.73. The van der Waals surface area contributed by atoms with E-state index in [1.807, 2.05) is 0 Å². The van der Waals surface area contributed by atoms with Gasteiger partial charge in [-0.1, -0.05) is 39.8 Å².